The SMILES string of the molecule is COc1ccccc1NS(=O)(=O)c1ccc(NN=Cc2ccc(O)cc2O)c([N+](=O)[O-])c1. The van der Waals surface area contributed by atoms with Crippen molar-refractivity contribution < 1.29 is 28.3 Å². The van der Waals surface area contributed by atoms with Crippen molar-refractivity contribution in [2.45, 2.75) is 4.90 Å². The Hall–Kier alpha value is -4.32. The molecule has 0 bridgehead atoms. The minimum absolute atomic E-state index is 0.0687. The molecule has 3 aromatic rings. The van der Waals surface area contributed by atoms with Gasteiger partial charge in [-0.1, -0.05) is 12.1 Å². The van der Waals surface area contributed by atoms with Gasteiger partial charge in [-0.25, -0.2) is 8.42 Å². The van der Waals surface area contributed by atoms with Crippen molar-refractivity contribution in [1.29, 1.82) is 0 Å². The van der Waals surface area contributed by atoms with Crippen LogP contribution in [0.5, 0.6) is 17.2 Å². The summed E-state index contributed by atoms with van der Waals surface area (Å²) in [5.41, 5.74) is 2.28. The van der Waals surface area contributed by atoms with Crippen LogP contribution in [0.3, 0.4) is 0 Å². The van der Waals surface area contributed by atoms with Gasteiger partial charge in [-0.3, -0.25) is 20.3 Å². The number of para-hydroxylation sites is 2. The van der Waals surface area contributed by atoms with Crippen LogP contribution in [-0.4, -0.2) is 36.9 Å². The first-order valence-corrected chi connectivity index (χ1v) is 10.4. The predicted octanol–water partition coefficient (Wildman–Crippen LogP) is 3.26. The normalized spacial score (nSPS) is 11.3. The van der Waals surface area contributed by atoms with Crippen molar-refractivity contribution in [2.24, 2.45) is 5.10 Å². The molecule has 0 saturated heterocycles. The van der Waals surface area contributed by atoms with E-state index in [1.165, 1.54) is 43.7 Å². The van der Waals surface area contributed by atoms with E-state index in [-0.39, 0.29) is 39.1 Å². The molecule has 0 aromatic heterocycles. The lowest BCUT2D eigenvalue weighted by Gasteiger charge is -2.12. The summed E-state index contributed by atoms with van der Waals surface area (Å²) >= 11 is 0. The highest BCUT2D eigenvalue weighted by molar-refractivity contribution is 7.92. The van der Waals surface area contributed by atoms with Crippen molar-refractivity contribution in [3.8, 4) is 17.2 Å². The molecule has 3 rings (SSSR count). The van der Waals surface area contributed by atoms with E-state index < -0.39 is 20.6 Å². The number of nitrogens with zero attached hydrogens (tertiary/aromatic N) is 2. The number of benzene rings is 3. The van der Waals surface area contributed by atoms with Crippen molar-refractivity contribution in [1.82, 2.24) is 0 Å². The van der Waals surface area contributed by atoms with Crippen molar-refractivity contribution in [3.05, 3.63) is 76.3 Å². The van der Waals surface area contributed by atoms with E-state index in [4.69, 9.17) is 4.74 Å². The van der Waals surface area contributed by atoms with E-state index in [2.05, 4.69) is 15.2 Å². The maximum absolute atomic E-state index is 12.7. The minimum Gasteiger partial charge on any atom is -0.508 e. The van der Waals surface area contributed by atoms with Gasteiger partial charge in [0, 0.05) is 17.7 Å². The molecule has 0 amide bonds. The molecule has 0 unspecified atom stereocenters. The van der Waals surface area contributed by atoms with Crippen molar-refractivity contribution >= 4 is 33.3 Å². The summed E-state index contributed by atoms with van der Waals surface area (Å²) in [4.78, 5) is 10.4. The Morgan fingerprint density at radius 1 is 1.06 bits per heavy atom. The van der Waals surface area contributed by atoms with Gasteiger partial charge in [0.15, 0.2) is 0 Å². The topological polar surface area (TPSA) is 163 Å². The third-order valence-electron chi connectivity index (χ3n) is 4.23. The molecule has 3 aromatic carbocycles. The lowest BCUT2D eigenvalue weighted by atomic mass is 10.2. The van der Waals surface area contributed by atoms with Gasteiger partial charge >= 0.3 is 0 Å². The Morgan fingerprint density at radius 3 is 2.50 bits per heavy atom. The Bertz CT molecular complexity index is 1290. The number of rotatable bonds is 8. The highest BCUT2D eigenvalue weighted by atomic mass is 32.2. The zero-order valence-electron chi connectivity index (χ0n) is 16.6. The van der Waals surface area contributed by atoms with Crippen LogP contribution in [0.2, 0.25) is 0 Å². The van der Waals surface area contributed by atoms with E-state index in [1.807, 2.05) is 0 Å². The maximum Gasteiger partial charge on any atom is 0.295 e. The van der Waals surface area contributed by atoms with Crippen molar-refractivity contribution in [3.63, 3.8) is 0 Å². The second-order valence-electron chi connectivity index (χ2n) is 6.35. The van der Waals surface area contributed by atoms with Gasteiger partial charge in [0.05, 0.1) is 28.8 Å². The monoisotopic (exact) mass is 458 g/mol. The highest BCUT2D eigenvalue weighted by Gasteiger charge is 2.22. The number of methoxy groups -OCH3 is 1. The van der Waals surface area contributed by atoms with Crippen molar-refractivity contribution in [2.75, 3.05) is 17.3 Å². The van der Waals surface area contributed by atoms with Gasteiger partial charge in [0.2, 0.25) is 0 Å². The third-order valence-corrected chi connectivity index (χ3v) is 5.59. The predicted molar refractivity (Wildman–Crippen MR) is 118 cm³/mol. The van der Waals surface area contributed by atoms with E-state index in [9.17, 15) is 28.7 Å². The molecule has 12 heteroatoms. The number of anilines is 2. The fourth-order valence-corrected chi connectivity index (χ4v) is 3.76. The van der Waals surface area contributed by atoms with Crippen LogP contribution in [-0.2, 0) is 10.0 Å². The van der Waals surface area contributed by atoms with Gasteiger partial charge in [-0.15, -0.1) is 0 Å². The summed E-state index contributed by atoms with van der Waals surface area (Å²) in [5.74, 6) is -0.0913. The summed E-state index contributed by atoms with van der Waals surface area (Å²) in [6.07, 6.45) is 1.19. The number of hydrogen-bond acceptors (Lipinski definition) is 9. The summed E-state index contributed by atoms with van der Waals surface area (Å²) in [5, 5.41) is 34.4. The number of hydrazone groups is 1. The van der Waals surface area contributed by atoms with Crippen LogP contribution < -0.4 is 14.9 Å². The lowest BCUT2D eigenvalue weighted by molar-refractivity contribution is -0.384. The molecule has 4 N–H and O–H groups in total. The van der Waals surface area contributed by atoms with Gasteiger partial charge < -0.3 is 14.9 Å². The molecule has 11 nitrogen and oxygen atoms in total. The molecule has 0 heterocycles. The Kier molecular flexibility index (Phi) is 6.45. The number of nitrogens with one attached hydrogen (secondary N) is 2. The first-order valence-electron chi connectivity index (χ1n) is 8.96. The van der Waals surface area contributed by atoms with Crippen LogP contribution in [0, 0.1) is 10.1 Å². The average Bonchev–Trinajstić information content (AvgIpc) is 2.75. The first kappa shape index (κ1) is 22.4. The lowest BCUT2D eigenvalue weighted by Crippen LogP contribution is -2.14. The third kappa shape index (κ3) is 5.05. The number of hydrogen-bond donors (Lipinski definition) is 4. The number of ether oxygens (including phenoxy) is 1. The first-order chi connectivity index (χ1) is 15.2. The number of phenols is 2. The summed E-state index contributed by atoms with van der Waals surface area (Å²) in [6.45, 7) is 0. The second-order valence-corrected chi connectivity index (χ2v) is 8.04. The molecule has 0 radical (unpaired) electrons. The molecule has 0 fully saturated rings. The number of nitro groups is 1. The van der Waals surface area contributed by atoms with Crippen LogP contribution in [0.4, 0.5) is 17.1 Å². The fourth-order valence-electron chi connectivity index (χ4n) is 2.67. The fraction of sp³-hybridized carbons (Fsp3) is 0.0500. The molecule has 32 heavy (non-hydrogen) atoms. The van der Waals surface area contributed by atoms with E-state index >= 15 is 0 Å². The molecular weight excluding hydrogens is 440 g/mol. The largest absolute Gasteiger partial charge is 0.508 e. The summed E-state index contributed by atoms with van der Waals surface area (Å²) in [6, 6.07) is 13.4. The van der Waals surface area contributed by atoms with Gasteiger partial charge in [0.1, 0.15) is 22.9 Å². The molecule has 0 aliphatic heterocycles. The Labute approximate surface area is 182 Å². The quantitative estimate of drug-likeness (QED) is 0.227. The molecule has 0 atom stereocenters. The zero-order chi connectivity index (χ0) is 23.3. The smallest absolute Gasteiger partial charge is 0.295 e. The Balaban J connectivity index is 1.87. The summed E-state index contributed by atoms with van der Waals surface area (Å²) < 4.78 is 32.9. The van der Waals surface area contributed by atoms with E-state index in [0.717, 1.165) is 12.1 Å². The van der Waals surface area contributed by atoms with Crippen LogP contribution >= 0.6 is 0 Å². The zero-order valence-corrected chi connectivity index (χ0v) is 17.4. The number of nitro benzene ring substituents is 1. The molecule has 0 aliphatic carbocycles. The molecule has 0 spiro atoms. The average molecular weight is 458 g/mol. The van der Waals surface area contributed by atoms with Crippen LogP contribution in [0.15, 0.2) is 70.7 Å². The molecule has 0 saturated carbocycles. The summed E-state index contributed by atoms with van der Waals surface area (Å²) in [7, 11) is -2.76. The van der Waals surface area contributed by atoms with Gasteiger partial charge in [-0.2, -0.15) is 5.10 Å². The van der Waals surface area contributed by atoms with E-state index in [0.29, 0.717) is 0 Å². The second kappa shape index (κ2) is 9.22. The standard InChI is InChI=1S/C20H18N4O7S/c1-31-20-5-3-2-4-17(20)23-32(29,30)15-8-9-16(18(11-15)24(27)28)22-21-12-13-6-7-14(25)10-19(13)26/h2-12,22-23,25-26H,1H3. The van der Waals surface area contributed by atoms with Gasteiger partial charge in [-0.05, 0) is 36.4 Å². The van der Waals surface area contributed by atoms with E-state index in [1.54, 1.807) is 18.2 Å². The molecular formula is C20H18N4O7S. The van der Waals surface area contributed by atoms with Gasteiger partial charge in [0.25, 0.3) is 15.7 Å². The Morgan fingerprint density at radius 2 is 1.81 bits per heavy atom. The highest BCUT2D eigenvalue weighted by Crippen LogP contribution is 2.31. The number of phenolic OH excluding ortho intramolecular Hbond substituents is 2. The minimum atomic E-state index is -4.15. The molecule has 166 valence electrons. The van der Waals surface area contributed by atoms with Crippen LogP contribution in [0.1, 0.15) is 5.56 Å². The number of aromatic hydroxyl groups is 2. The number of sulfonamides is 1. The maximum atomic E-state index is 12.7. The molecule has 0 aliphatic rings. The van der Waals surface area contributed by atoms with Crippen LogP contribution in [0.25, 0.3) is 0 Å².